The molecule has 43 heavy (non-hydrogen) atoms. The number of benzene rings is 7. The van der Waals surface area contributed by atoms with Gasteiger partial charge in [-0.05, 0) is 67.1 Å². The standard InChI is InChI=1S/C39H25N2PS/c43-42(28-11-2-1-3-12-28,29-21-20-27-19-18-26-10-4-5-13-31(26)35(27)24-29)30-22-23-38-36(25-30)40-39-34-16-7-6-14-32(34)33-15-8-9-17-37(33)41(38)39/h1-25H. The summed E-state index contributed by atoms with van der Waals surface area (Å²) in [5.74, 6) is 0. The Bertz CT molecular complexity index is 2600. The molecule has 7 aromatic carbocycles. The molecule has 0 fully saturated rings. The van der Waals surface area contributed by atoms with E-state index in [4.69, 9.17) is 16.8 Å². The van der Waals surface area contributed by atoms with E-state index < -0.39 is 6.04 Å². The minimum Gasteiger partial charge on any atom is -0.292 e. The second kappa shape index (κ2) is 9.34. The summed E-state index contributed by atoms with van der Waals surface area (Å²) in [6.45, 7) is 0. The molecule has 1 unspecified atom stereocenters. The van der Waals surface area contributed by atoms with E-state index in [-0.39, 0.29) is 0 Å². The van der Waals surface area contributed by atoms with Gasteiger partial charge in [-0.2, -0.15) is 0 Å². The van der Waals surface area contributed by atoms with Gasteiger partial charge in [-0.3, -0.25) is 4.40 Å². The first-order valence-corrected chi connectivity index (χ1v) is 17.3. The smallest absolute Gasteiger partial charge is 0.146 e. The quantitative estimate of drug-likeness (QED) is 0.152. The third kappa shape index (κ3) is 3.59. The first-order valence-electron chi connectivity index (χ1n) is 14.5. The number of para-hydroxylation sites is 1. The van der Waals surface area contributed by atoms with Crippen molar-refractivity contribution >= 4 is 93.7 Å². The zero-order chi connectivity index (χ0) is 28.5. The lowest BCUT2D eigenvalue weighted by molar-refractivity contribution is 1.31. The molecule has 0 spiro atoms. The highest BCUT2D eigenvalue weighted by Gasteiger charge is 2.26. The fourth-order valence-corrected chi connectivity index (χ4v) is 10.5. The maximum absolute atomic E-state index is 6.86. The van der Waals surface area contributed by atoms with Crippen LogP contribution in [0.15, 0.2) is 152 Å². The SMILES string of the molecule is S=P(c1ccccc1)(c1ccc2c(c1)nc1c3ccccc3c3ccccc3n21)c1ccc2ccc3ccccc3c2c1. The molecule has 0 amide bonds. The lowest BCUT2D eigenvalue weighted by Gasteiger charge is -2.24. The molecule has 9 aromatic rings. The number of pyridine rings is 1. The van der Waals surface area contributed by atoms with Crippen molar-refractivity contribution in [2.75, 3.05) is 0 Å². The number of hydrogen-bond donors (Lipinski definition) is 0. The Morgan fingerprint density at radius 3 is 1.88 bits per heavy atom. The first-order chi connectivity index (χ1) is 21.2. The second-order valence-electron chi connectivity index (χ2n) is 11.1. The second-order valence-corrected chi connectivity index (χ2v) is 15.6. The average Bonchev–Trinajstić information content (AvgIpc) is 3.47. The Kier molecular flexibility index (Phi) is 5.38. The molecule has 2 aromatic heterocycles. The number of rotatable bonds is 3. The van der Waals surface area contributed by atoms with Gasteiger partial charge in [0.15, 0.2) is 0 Å². The molecular weight excluding hydrogens is 559 g/mol. The largest absolute Gasteiger partial charge is 0.292 e. The maximum Gasteiger partial charge on any atom is 0.146 e. The molecule has 2 heterocycles. The number of aromatic nitrogens is 2. The van der Waals surface area contributed by atoms with Crippen molar-refractivity contribution in [1.82, 2.24) is 9.38 Å². The van der Waals surface area contributed by atoms with Crippen LogP contribution in [-0.4, -0.2) is 9.38 Å². The van der Waals surface area contributed by atoms with Crippen molar-refractivity contribution in [2.24, 2.45) is 0 Å². The summed E-state index contributed by atoms with van der Waals surface area (Å²) in [5.41, 5.74) is 4.21. The van der Waals surface area contributed by atoms with Gasteiger partial charge >= 0.3 is 0 Å². The number of fused-ring (bicyclic) bond motifs is 11. The van der Waals surface area contributed by atoms with Crippen LogP contribution in [0.25, 0.3) is 59.9 Å². The zero-order valence-corrected chi connectivity index (χ0v) is 24.9. The predicted molar refractivity (Wildman–Crippen MR) is 189 cm³/mol. The lowest BCUT2D eigenvalue weighted by atomic mass is 10.0. The molecule has 4 heteroatoms. The van der Waals surface area contributed by atoms with Crippen molar-refractivity contribution < 1.29 is 0 Å². The Hall–Kier alpha value is -4.82. The Labute approximate surface area is 253 Å². The summed E-state index contributed by atoms with van der Waals surface area (Å²) in [6, 6.07) is 52.0. The van der Waals surface area contributed by atoms with Crippen molar-refractivity contribution in [2.45, 2.75) is 0 Å². The van der Waals surface area contributed by atoms with E-state index in [0.29, 0.717) is 0 Å². The Morgan fingerprint density at radius 1 is 0.442 bits per heavy atom. The highest BCUT2D eigenvalue weighted by molar-refractivity contribution is 8.25. The van der Waals surface area contributed by atoms with Crippen molar-refractivity contribution in [3.05, 3.63) is 152 Å². The highest BCUT2D eigenvalue weighted by atomic mass is 32.4. The molecule has 0 bridgehead atoms. The Morgan fingerprint density at radius 2 is 1.05 bits per heavy atom. The maximum atomic E-state index is 6.86. The molecule has 0 saturated carbocycles. The van der Waals surface area contributed by atoms with Crippen LogP contribution in [0.1, 0.15) is 0 Å². The van der Waals surface area contributed by atoms with Crippen LogP contribution in [-0.2, 0) is 11.8 Å². The fraction of sp³-hybridized carbons (Fsp3) is 0. The average molecular weight is 585 g/mol. The molecule has 0 aliphatic carbocycles. The summed E-state index contributed by atoms with van der Waals surface area (Å²) in [4.78, 5) is 5.28. The fourth-order valence-electron chi connectivity index (χ4n) is 6.77. The molecule has 9 rings (SSSR count). The first kappa shape index (κ1) is 24.7. The van der Waals surface area contributed by atoms with Gasteiger partial charge in [0.05, 0.1) is 16.6 Å². The van der Waals surface area contributed by atoms with Crippen molar-refractivity contribution in [1.29, 1.82) is 0 Å². The van der Waals surface area contributed by atoms with E-state index in [1.54, 1.807) is 0 Å². The highest BCUT2D eigenvalue weighted by Crippen LogP contribution is 2.45. The van der Waals surface area contributed by atoms with Crippen molar-refractivity contribution in [3.63, 3.8) is 0 Å². The molecule has 0 aliphatic rings. The molecule has 2 nitrogen and oxygen atoms in total. The van der Waals surface area contributed by atoms with Crippen LogP contribution < -0.4 is 15.9 Å². The Balaban J connectivity index is 1.35. The summed E-state index contributed by atoms with van der Waals surface area (Å²) in [5, 5.41) is 12.1. The molecule has 0 N–H and O–H groups in total. The predicted octanol–water partition coefficient (Wildman–Crippen LogP) is 8.86. The van der Waals surface area contributed by atoms with E-state index in [1.807, 2.05) is 0 Å². The van der Waals surface area contributed by atoms with E-state index in [2.05, 4.69) is 156 Å². The van der Waals surface area contributed by atoms with Gasteiger partial charge in [0, 0.05) is 16.8 Å². The molecule has 0 saturated heterocycles. The molecule has 0 aliphatic heterocycles. The van der Waals surface area contributed by atoms with E-state index in [0.717, 1.165) is 32.9 Å². The number of nitrogens with zero attached hydrogens (tertiary/aromatic N) is 2. The minimum atomic E-state index is -2.42. The van der Waals surface area contributed by atoms with Crippen molar-refractivity contribution in [3.8, 4) is 0 Å². The topological polar surface area (TPSA) is 17.3 Å². The van der Waals surface area contributed by atoms with E-state index >= 15 is 0 Å². The van der Waals surface area contributed by atoms with Gasteiger partial charge in [-0.1, -0.05) is 139 Å². The van der Waals surface area contributed by atoms with Gasteiger partial charge in [-0.25, -0.2) is 4.98 Å². The molecule has 202 valence electrons. The van der Waals surface area contributed by atoms with Crippen LogP contribution in [0.2, 0.25) is 0 Å². The number of imidazole rings is 1. The van der Waals surface area contributed by atoms with Gasteiger partial charge in [-0.15, -0.1) is 0 Å². The molecule has 1 atom stereocenters. The summed E-state index contributed by atoms with van der Waals surface area (Å²) in [7, 11) is 0. The summed E-state index contributed by atoms with van der Waals surface area (Å²) < 4.78 is 2.31. The monoisotopic (exact) mass is 584 g/mol. The summed E-state index contributed by atoms with van der Waals surface area (Å²) >= 11 is 6.86. The molecule has 0 radical (unpaired) electrons. The van der Waals surface area contributed by atoms with E-state index in [9.17, 15) is 0 Å². The summed E-state index contributed by atoms with van der Waals surface area (Å²) in [6.07, 6.45) is 0. The normalized spacial score (nSPS) is 13.4. The van der Waals surface area contributed by atoms with Crippen LogP contribution in [0, 0.1) is 0 Å². The van der Waals surface area contributed by atoms with Gasteiger partial charge < -0.3 is 0 Å². The third-order valence-corrected chi connectivity index (χ3v) is 13.8. The number of hydrogen-bond acceptors (Lipinski definition) is 2. The van der Waals surface area contributed by atoms with Crippen LogP contribution in [0.4, 0.5) is 0 Å². The molecular formula is C39H25N2PS. The van der Waals surface area contributed by atoms with Crippen LogP contribution in [0.3, 0.4) is 0 Å². The minimum absolute atomic E-state index is 0.968. The van der Waals surface area contributed by atoms with Crippen LogP contribution in [0.5, 0.6) is 0 Å². The lowest BCUT2D eigenvalue weighted by Crippen LogP contribution is -2.24. The van der Waals surface area contributed by atoms with Gasteiger partial charge in [0.1, 0.15) is 5.65 Å². The van der Waals surface area contributed by atoms with Gasteiger partial charge in [0.25, 0.3) is 0 Å². The third-order valence-electron chi connectivity index (χ3n) is 8.82. The van der Waals surface area contributed by atoms with E-state index in [1.165, 1.54) is 42.9 Å². The van der Waals surface area contributed by atoms with Gasteiger partial charge in [0.2, 0.25) is 0 Å². The van der Waals surface area contributed by atoms with Crippen LogP contribution >= 0.6 is 6.04 Å². The zero-order valence-electron chi connectivity index (χ0n) is 23.2.